The molecule has 0 bridgehead atoms. The number of hydrogen-bond donors (Lipinski definition) is 0. The Morgan fingerprint density at radius 3 is 1.44 bits per heavy atom. The van der Waals surface area contributed by atoms with Gasteiger partial charge in [-0.2, -0.15) is 10.5 Å². The normalized spacial score (nSPS) is 15.1. The minimum atomic E-state index is -4.11. The van der Waals surface area contributed by atoms with Crippen LogP contribution in [0.3, 0.4) is 0 Å². The van der Waals surface area contributed by atoms with Crippen molar-refractivity contribution < 1.29 is 13.6 Å². The number of nitriles is 2. The van der Waals surface area contributed by atoms with E-state index in [0.717, 1.165) is 0 Å². The van der Waals surface area contributed by atoms with E-state index in [9.17, 15) is 4.57 Å². The van der Waals surface area contributed by atoms with Crippen molar-refractivity contribution in [1.29, 1.82) is 10.5 Å². The first-order chi connectivity index (χ1) is 12.8. The van der Waals surface area contributed by atoms with Gasteiger partial charge in [0, 0.05) is 21.3 Å². The van der Waals surface area contributed by atoms with Crippen LogP contribution in [0.25, 0.3) is 0 Å². The van der Waals surface area contributed by atoms with Gasteiger partial charge in [0.1, 0.15) is 12.2 Å². The molecule has 0 N–H and O–H groups in total. The summed E-state index contributed by atoms with van der Waals surface area (Å²) >= 11 is 17.7. The van der Waals surface area contributed by atoms with Crippen molar-refractivity contribution in [3.8, 4) is 12.1 Å². The highest BCUT2D eigenvalue weighted by molar-refractivity contribution is 7.81. The molecule has 5 nitrogen and oxygen atoms in total. The van der Waals surface area contributed by atoms with Crippen LogP contribution in [-0.2, 0) is 13.6 Å². The SMILES string of the molecule is N#CCC(OP(=O)(Cl)OC(CC#N)c1ccc(Cl)cc1)c1ccc(Cl)cc1. The van der Waals surface area contributed by atoms with Crippen molar-refractivity contribution in [2.75, 3.05) is 0 Å². The molecule has 0 aromatic heterocycles. The third kappa shape index (κ3) is 6.83. The van der Waals surface area contributed by atoms with Gasteiger partial charge in [-0.15, -0.1) is 0 Å². The molecule has 2 rings (SSSR count). The zero-order valence-electron chi connectivity index (χ0n) is 13.9. The molecule has 0 spiro atoms. The molecule has 2 atom stereocenters. The second-order valence-electron chi connectivity index (χ2n) is 5.45. The lowest BCUT2D eigenvalue weighted by Gasteiger charge is -2.23. The average molecular weight is 444 g/mol. The molecule has 0 aliphatic heterocycles. The summed E-state index contributed by atoms with van der Waals surface area (Å²) in [6.07, 6.45) is -1.93. The molecule has 2 aromatic rings. The number of rotatable bonds is 8. The minimum Gasteiger partial charge on any atom is -0.288 e. The Morgan fingerprint density at radius 2 is 1.15 bits per heavy atom. The Bertz CT molecular complexity index is 821. The molecule has 140 valence electrons. The van der Waals surface area contributed by atoms with Crippen LogP contribution in [0.4, 0.5) is 0 Å². The summed E-state index contributed by atoms with van der Waals surface area (Å²) in [5.74, 6) is 0. The van der Waals surface area contributed by atoms with Crippen LogP contribution in [-0.4, -0.2) is 0 Å². The average Bonchev–Trinajstić information content (AvgIpc) is 2.62. The number of hydrogen-bond acceptors (Lipinski definition) is 5. The van der Waals surface area contributed by atoms with E-state index < -0.39 is 19.2 Å². The Labute approximate surface area is 172 Å². The predicted octanol–water partition coefficient (Wildman–Crippen LogP) is 6.98. The summed E-state index contributed by atoms with van der Waals surface area (Å²) in [4.78, 5) is 0. The van der Waals surface area contributed by atoms with E-state index in [0.29, 0.717) is 21.2 Å². The summed E-state index contributed by atoms with van der Waals surface area (Å²) in [6.45, 7) is -4.11. The van der Waals surface area contributed by atoms with Gasteiger partial charge in [0.05, 0.1) is 25.0 Å². The standard InChI is InChI=1S/C18H14Cl3N2O3P/c19-15-5-1-13(2-6-15)17(9-11-22)25-27(21,24)26-18(10-12-23)14-3-7-16(20)8-4-14/h1-8,17-18H,9-10H2. The maximum atomic E-state index is 12.7. The van der Waals surface area contributed by atoms with Gasteiger partial charge >= 0.3 is 6.95 Å². The molecule has 27 heavy (non-hydrogen) atoms. The second kappa shape index (κ2) is 10.1. The summed E-state index contributed by atoms with van der Waals surface area (Å²) in [5.41, 5.74) is 1.16. The lowest BCUT2D eigenvalue weighted by molar-refractivity contribution is 0.127. The van der Waals surface area contributed by atoms with E-state index in [2.05, 4.69) is 0 Å². The fourth-order valence-electron chi connectivity index (χ4n) is 2.28. The van der Waals surface area contributed by atoms with Gasteiger partial charge in [0.15, 0.2) is 0 Å². The number of halogens is 3. The zero-order chi connectivity index (χ0) is 19.9. The van der Waals surface area contributed by atoms with Gasteiger partial charge in [-0.1, -0.05) is 47.5 Å². The summed E-state index contributed by atoms with van der Waals surface area (Å²) in [5, 5.41) is 19.1. The van der Waals surface area contributed by atoms with E-state index in [-0.39, 0.29) is 12.8 Å². The van der Waals surface area contributed by atoms with E-state index in [1.165, 1.54) is 0 Å². The highest BCUT2D eigenvalue weighted by atomic mass is 35.7. The molecular weight excluding hydrogens is 430 g/mol. The van der Waals surface area contributed by atoms with Gasteiger partial charge in [0.25, 0.3) is 0 Å². The fourth-order valence-corrected chi connectivity index (χ4v) is 4.16. The first-order valence-electron chi connectivity index (χ1n) is 7.76. The number of benzene rings is 2. The Hall–Kier alpha value is -1.56. The molecule has 0 heterocycles. The minimum absolute atomic E-state index is 0.0917. The van der Waals surface area contributed by atoms with Gasteiger partial charge in [-0.05, 0) is 35.4 Å². The zero-order valence-corrected chi connectivity index (χ0v) is 17.1. The fraction of sp³-hybridized carbons (Fsp3) is 0.222. The quantitative estimate of drug-likeness (QED) is 0.411. The molecule has 0 aliphatic carbocycles. The predicted molar refractivity (Wildman–Crippen MR) is 104 cm³/mol. The van der Waals surface area contributed by atoms with Crippen molar-refractivity contribution in [3.63, 3.8) is 0 Å². The molecule has 9 heteroatoms. The van der Waals surface area contributed by atoms with E-state index >= 15 is 0 Å². The molecular formula is C18H14Cl3N2O3P. The molecule has 0 aliphatic rings. The maximum absolute atomic E-state index is 12.7. The third-order valence-electron chi connectivity index (χ3n) is 3.54. The summed E-state index contributed by atoms with van der Waals surface area (Å²) in [6, 6.07) is 17.0. The van der Waals surface area contributed by atoms with Crippen molar-refractivity contribution in [1.82, 2.24) is 0 Å². The summed E-state index contributed by atoms with van der Waals surface area (Å²) < 4.78 is 23.6. The molecule has 0 amide bonds. The first kappa shape index (κ1) is 21.7. The van der Waals surface area contributed by atoms with Crippen LogP contribution in [0.1, 0.15) is 36.2 Å². The molecule has 0 saturated heterocycles. The highest BCUT2D eigenvalue weighted by Gasteiger charge is 2.31. The van der Waals surface area contributed by atoms with Crippen molar-refractivity contribution in [3.05, 3.63) is 69.7 Å². The molecule has 0 radical (unpaired) electrons. The van der Waals surface area contributed by atoms with Crippen LogP contribution < -0.4 is 0 Å². The first-order valence-corrected chi connectivity index (χ1v) is 11.0. The molecule has 0 saturated carbocycles. The van der Waals surface area contributed by atoms with Gasteiger partial charge in [0.2, 0.25) is 0 Å². The number of nitrogens with zero attached hydrogens (tertiary/aromatic N) is 2. The highest BCUT2D eigenvalue weighted by Crippen LogP contribution is 2.60. The van der Waals surface area contributed by atoms with E-state index in [1.54, 1.807) is 48.5 Å². The second-order valence-corrected chi connectivity index (χ2v) is 8.84. The largest absolute Gasteiger partial charge is 0.425 e. The Balaban J connectivity index is 2.19. The topological polar surface area (TPSA) is 83.1 Å². The third-order valence-corrected chi connectivity index (χ3v) is 5.54. The van der Waals surface area contributed by atoms with E-state index in [4.69, 9.17) is 54.0 Å². The van der Waals surface area contributed by atoms with Crippen molar-refractivity contribution >= 4 is 41.4 Å². The Kier molecular flexibility index (Phi) is 8.14. The Morgan fingerprint density at radius 1 is 0.815 bits per heavy atom. The van der Waals surface area contributed by atoms with Crippen LogP contribution >= 0.6 is 41.4 Å². The van der Waals surface area contributed by atoms with Crippen molar-refractivity contribution in [2.24, 2.45) is 0 Å². The maximum Gasteiger partial charge on any atom is 0.425 e. The van der Waals surface area contributed by atoms with Crippen LogP contribution in [0.15, 0.2) is 48.5 Å². The van der Waals surface area contributed by atoms with Gasteiger partial charge < -0.3 is 0 Å². The lowest BCUT2D eigenvalue weighted by Crippen LogP contribution is -2.06. The van der Waals surface area contributed by atoms with Crippen LogP contribution in [0.2, 0.25) is 10.0 Å². The van der Waals surface area contributed by atoms with E-state index in [1.807, 2.05) is 12.1 Å². The molecule has 0 fully saturated rings. The lowest BCUT2D eigenvalue weighted by atomic mass is 10.1. The molecule has 2 aromatic carbocycles. The molecule has 2 unspecified atom stereocenters. The van der Waals surface area contributed by atoms with Crippen LogP contribution in [0, 0.1) is 22.7 Å². The van der Waals surface area contributed by atoms with Gasteiger partial charge in [-0.25, -0.2) is 4.57 Å². The monoisotopic (exact) mass is 442 g/mol. The van der Waals surface area contributed by atoms with Crippen molar-refractivity contribution in [2.45, 2.75) is 25.0 Å². The summed E-state index contributed by atoms with van der Waals surface area (Å²) in [7, 11) is 0. The van der Waals surface area contributed by atoms with Crippen LogP contribution in [0.5, 0.6) is 0 Å². The van der Waals surface area contributed by atoms with Gasteiger partial charge in [-0.3, -0.25) is 9.05 Å². The smallest absolute Gasteiger partial charge is 0.288 e.